The zero-order chi connectivity index (χ0) is 14.5. The maximum absolute atomic E-state index is 12.1. The van der Waals surface area contributed by atoms with Gasteiger partial charge in [-0.05, 0) is 43.9 Å². The lowest BCUT2D eigenvalue weighted by Crippen LogP contribution is -2.51. The number of anilines is 1. The van der Waals surface area contributed by atoms with Crippen LogP contribution < -0.4 is 16.0 Å². The summed E-state index contributed by atoms with van der Waals surface area (Å²) in [5, 5.41) is 9.69. The monoisotopic (exact) mass is 347 g/mol. The minimum atomic E-state index is 0. The first-order valence-electron chi connectivity index (χ1n) is 7.38. The van der Waals surface area contributed by atoms with Gasteiger partial charge in [0, 0.05) is 18.3 Å². The van der Waals surface area contributed by atoms with Crippen molar-refractivity contribution >= 4 is 36.4 Å². The van der Waals surface area contributed by atoms with Crippen molar-refractivity contribution in [2.75, 3.05) is 25.0 Å². The summed E-state index contributed by atoms with van der Waals surface area (Å²) in [5.74, 6) is 0.605. The molecule has 22 heavy (non-hydrogen) atoms. The quantitative estimate of drug-likeness (QED) is 0.784. The molecule has 1 aliphatic rings. The van der Waals surface area contributed by atoms with E-state index in [0.717, 1.165) is 25.2 Å². The number of rotatable bonds is 4. The van der Waals surface area contributed by atoms with Crippen molar-refractivity contribution in [3.05, 3.63) is 29.3 Å². The van der Waals surface area contributed by atoms with Gasteiger partial charge in [-0.1, -0.05) is 25.1 Å². The van der Waals surface area contributed by atoms with E-state index in [2.05, 4.69) is 48.9 Å². The Morgan fingerprint density at radius 3 is 2.50 bits per heavy atom. The molecule has 1 fully saturated rings. The molecular formula is C16H27Cl2N3O. The van der Waals surface area contributed by atoms with Crippen molar-refractivity contribution < 1.29 is 4.79 Å². The average molecular weight is 348 g/mol. The molecule has 1 amide bonds. The lowest BCUT2D eigenvalue weighted by Gasteiger charge is -2.30. The van der Waals surface area contributed by atoms with Gasteiger partial charge in [0.25, 0.3) is 0 Å². The number of para-hydroxylation sites is 1. The molecule has 0 aromatic heterocycles. The highest BCUT2D eigenvalue weighted by molar-refractivity contribution is 5.85. The maximum atomic E-state index is 12.1. The average Bonchev–Trinajstić information content (AvgIpc) is 2.41. The molecule has 126 valence electrons. The van der Waals surface area contributed by atoms with E-state index < -0.39 is 0 Å². The fraction of sp³-hybridized carbons (Fsp3) is 0.562. The van der Waals surface area contributed by atoms with Gasteiger partial charge in [0.15, 0.2) is 0 Å². The maximum Gasteiger partial charge on any atom is 0.239 e. The number of amides is 1. The first-order chi connectivity index (χ1) is 9.58. The van der Waals surface area contributed by atoms with E-state index in [1.165, 1.54) is 11.1 Å². The molecule has 1 aromatic carbocycles. The number of carbonyl (C=O) groups excluding carboxylic acids is 1. The zero-order valence-corrected chi connectivity index (χ0v) is 15.1. The summed E-state index contributed by atoms with van der Waals surface area (Å²) in [5.41, 5.74) is 3.41. The van der Waals surface area contributed by atoms with E-state index in [1.54, 1.807) is 0 Å². The standard InChI is InChI=1S/C16H25N3O.2ClH/c1-11-7-8-17-9-14(11)19-15(20)10-18-16-12(2)5-4-6-13(16)3;;/h4-6,11,14,17-18H,7-10H2,1-3H3,(H,19,20);2*1H. The van der Waals surface area contributed by atoms with Crippen LogP contribution in [-0.4, -0.2) is 31.6 Å². The van der Waals surface area contributed by atoms with Gasteiger partial charge in [0.1, 0.15) is 0 Å². The second-order valence-corrected chi connectivity index (χ2v) is 5.76. The highest BCUT2D eigenvalue weighted by atomic mass is 35.5. The summed E-state index contributed by atoms with van der Waals surface area (Å²) in [6.07, 6.45) is 1.12. The molecule has 0 spiro atoms. The Bertz CT molecular complexity index is 462. The predicted molar refractivity (Wildman–Crippen MR) is 97.5 cm³/mol. The third-order valence-corrected chi connectivity index (χ3v) is 4.08. The van der Waals surface area contributed by atoms with Crippen molar-refractivity contribution in [2.24, 2.45) is 5.92 Å². The smallest absolute Gasteiger partial charge is 0.239 e. The lowest BCUT2D eigenvalue weighted by molar-refractivity contribution is -0.120. The van der Waals surface area contributed by atoms with Crippen LogP contribution >= 0.6 is 24.8 Å². The van der Waals surface area contributed by atoms with Gasteiger partial charge in [-0.3, -0.25) is 4.79 Å². The van der Waals surface area contributed by atoms with Gasteiger partial charge in [0.2, 0.25) is 5.91 Å². The van der Waals surface area contributed by atoms with E-state index in [0.29, 0.717) is 12.5 Å². The highest BCUT2D eigenvalue weighted by Crippen LogP contribution is 2.19. The highest BCUT2D eigenvalue weighted by Gasteiger charge is 2.22. The number of hydrogen-bond donors (Lipinski definition) is 3. The first kappa shape index (κ1) is 21.0. The first-order valence-corrected chi connectivity index (χ1v) is 7.38. The van der Waals surface area contributed by atoms with Crippen LogP contribution in [0.15, 0.2) is 18.2 Å². The largest absolute Gasteiger partial charge is 0.376 e. The van der Waals surface area contributed by atoms with E-state index in [9.17, 15) is 4.79 Å². The molecule has 1 heterocycles. The Kier molecular flexibility index (Phi) is 9.49. The fourth-order valence-electron chi connectivity index (χ4n) is 2.70. The molecule has 2 rings (SSSR count). The van der Waals surface area contributed by atoms with Gasteiger partial charge in [-0.25, -0.2) is 0 Å². The van der Waals surface area contributed by atoms with Crippen LogP contribution in [0, 0.1) is 19.8 Å². The number of nitrogens with one attached hydrogen (secondary N) is 3. The Morgan fingerprint density at radius 1 is 1.27 bits per heavy atom. The molecule has 1 saturated heterocycles. The molecule has 1 aromatic rings. The van der Waals surface area contributed by atoms with Crippen molar-refractivity contribution in [2.45, 2.75) is 33.2 Å². The molecule has 2 unspecified atom stereocenters. The second-order valence-electron chi connectivity index (χ2n) is 5.76. The third-order valence-electron chi connectivity index (χ3n) is 4.08. The SMILES string of the molecule is Cc1cccc(C)c1NCC(=O)NC1CNCCC1C.Cl.Cl. The van der Waals surface area contributed by atoms with Gasteiger partial charge < -0.3 is 16.0 Å². The third kappa shape index (κ3) is 5.67. The molecule has 0 aliphatic carbocycles. The Labute approximate surface area is 145 Å². The molecule has 0 saturated carbocycles. The number of piperidine rings is 1. The summed E-state index contributed by atoms with van der Waals surface area (Å²) in [6.45, 7) is 8.56. The minimum Gasteiger partial charge on any atom is -0.376 e. The molecular weight excluding hydrogens is 321 g/mol. The van der Waals surface area contributed by atoms with Gasteiger partial charge in [0.05, 0.1) is 6.54 Å². The molecule has 0 radical (unpaired) electrons. The Balaban J connectivity index is 0.00000220. The molecule has 2 atom stereocenters. The summed E-state index contributed by atoms with van der Waals surface area (Å²) < 4.78 is 0. The number of halogens is 2. The predicted octanol–water partition coefficient (Wildman–Crippen LogP) is 2.67. The van der Waals surface area contributed by atoms with E-state index >= 15 is 0 Å². The molecule has 4 nitrogen and oxygen atoms in total. The van der Waals surface area contributed by atoms with Crippen molar-refractivity contribution in [1.82, 2.24) is 10.6 Å². The van der Waals surface area contributed by atoms with Crippen LogP contribution in [0.2, 0.25) is 0 Å². The van der Waals surface area contributed by atoms with E-state index in [4.69, 9.17) is 0 Å². The van der Waals surface area contributed by atoms with E-state index in [1.807, 2.05) is 6.07 Å². The van der Waals surface area contributed by atoms with Crippen molar-refractivity contribution in [1.29, 1.82) is 0 Å². The fourth-order valence-corrected chi connectivity index (χ4v) is 2.70. The Morgan fingerprint density at radius 2 is 1.91 bits per heavy atom. The van der Waals surface area contributed by atoms with Crippen LogP contribution in [0.5, 0.6) is 0 Å². The second kappa shape index (κ2) is 9.93. The summed E-state index contributed by atoms with van der Waals surface area (Å²) in [6, 6.07) is 6.39. The summed E-state index contributed by atoms with van der Waals surface area (Å²) in [4.78, 5) is 12.1. The molecule has 6 heteroatoms. The zero-order valence-electron chi connectivity index (χ0n) is 13.4. The molecule has 0 bridgehead atoms. The van der Waals surface area contributed by atoms with Crippen LogP contribution in [0.25, 0.3) is 0 Å². The van der Waals surface area contributed by atoms with Gasteiger partial charge in [-0.2, -0.15) is 0 Å². The van der Waals surface area contributed by atoms with Crippen LogP contribution in [0.4, 0.5) is 5.69 Å². The van der Waals surface area contributed by atoms with Crippen molar-refractivity contribution in [3.63, 3.8) is 0 Å². The van der Waals surface area contributed by atoms with Crippen molar-refractivity contribution in [3.8, 4) is 0 Å². The lowest BCUT2D eigenvalue weighted by atomic mass is 9.95. The Hall–Kier alpha value is -0.970. The number of aryl methyl sites for hydroxylation is 2. The summed E-state index contributed by atoms with van der Waals surface area (Å²) in [7, 11) is 0. The minimum absolute atomic E-state index is 0. The van der Waals surface area contributed by atoms with E-state index in [-0.39, 0.29) is 36.8 Å². The van der Waals surface area contributed by atoms with Crippen LogP contribution in [0.1, 0.15) is 24.5 Å². The van der Waals surface area contributed by atoms with Gasteiger partial charge >= 0.3 is 0 Å². The molecule has 1 aliphatic heterocycles. The number of hydrogen-bond acceptors (Lipinski definition) is 3. The van der Waals surface area contributed by atoms with Gasteiger partial charge in [-0.15, -0.1) is 24.8 Å². The van der Waals surface area contributed by atoms with Crippen LogP contribution in [0.3, 0.4) is 0 Å². The van der Waals surface area contributed by atoms with Crippen LogP contribution in [-0.2, 0) is 4.79 Å². The molecule has 3 N–H and O–H groups in total. The number of carbonyl (C=O) groups is 1. The summed E-state index contributed by atoms with van der Waals surface area (Å²) >= 11 is 0. The normalized spacial score (nSPS) is 20.3. The topological polar surface area (TPSA) is 53.2 Å². The number of benzene rings is 1.